The molecule has 102 valence electrons. The van der Waals surface area contributed by atoms with E-state index in [1.807, 2.05) is 24.3 Å². The van der Waals surface area contributed by atoms with E-state index >= 15 is 0 Å². The second kappa shape index (κ2) is 5.80. The zero-order valence-electron chi connectivity index (χ0n) is 11.3. The van der Waals surface area contributed by atoms with Crippen LogP contribution in [0.15, 0.2) is 48.5 Å². The third-order valence-corrected chi connectivity index (χ3v) is 4.49. The smallest absolute Gasteiger partial charge is 0.140 e. The first kappa shape index (κ1) is 13.4. The lowest BCUT2D eigenvalue weighted by Gasteiger charge is -2.23. The van der Waals surface area contributed by atoms with E-state index in [0.717, 1.165) is 24.8 Å². The molecule has 0 spiro atoms. The average molecular weight is 285 g/mol. The molecule has 2 aromatic rings. The Bertz CT molecular complexity index is 633. The van der Waals surface area contributed by atoms with Crippen LogP contribution in [0, 0.1) is 5.92 Å². The molecule has 1 aliphatic rings. The minimum atomic E-state index is 0.140. The highest BCUT2D eigenvalue weighted by molar-refractivity contribution is 6.31. The van der Waals surface area contributed by atoms with Crippen LogP contribution in [0.5, 0.6) is 0 Å². The maximum Gasteiger partial charge on any atom is 0.140 e. The van der Waals surface area contributed by atoms with E-state index in [9.17, 15) is 4.79 Å². The second-order valence-corrected chi connectivity index (χ2v) is 5.85. The number of ketones is 1. The van der Waals surface area contributed by atoms with Crippen LogP contribution in [0.25, 0.3) is 0 Å². The van der Waals surface area contributed by atoms with Crippen molar-refractivity contribution in [3.05, 3.63) is 70.2 Å². The summed E-state index contributed by atoms with van der Waals surface area (Å²) in [6, 6.07) is 16.1. The molecule has 20 heavy (non-hydrogen) atoms. The number of halogens is 1. The van der Waals surface area contributed by atoms with Gasteiger partial charge in [0.1, 0.15) is 5.78 Å². The van der Waals surface area contributed by atoms with Gasteiger partial charge in [0.2, 0.25) is 0 Å². The van der Waals surface area contributed by atoms with Gasteiger partial charge in [-0.25, -0.2) is 0 Å². The number of benzene rings is 2. The molecule has 0 aromatic heterocycles. The summed E-state index contributed by atoms with van der Waals surface area (Å²) < 4.78 is 0. The van der Waals surface area contributed by atoms with E-state index in [-0.39, 0.29) is 5.92 Å². The van der Waals surface area contributed by atoms with Crippen molar-refractivity contribution in [2.24, 2.45) is 5.92 Å². The first-order chi connectivity index (χ1) is 9.74. The summed E-state index contributed by atoms with van der Waals surface area (Å²) in [6.07, 6.45) is 3.29. The van der Waals surface area contributed by atoms with Crippen LogP contribution >= 0.6 is 11.6 Å². The number of carbonyl (C=O) groups is 1. The third-order valence-electron chi connectivity index (χ3n) is 4.12. The lowest BCUT2D eigenvalue weighted by molar-refractivity contribution is -0.122. The predicted molar refractivity (Wildman–Crippen MR) is 82.1 cm³/mol. The highest BCUT2D eigenvalue weighted by Gasteiger charge is 2.24. The van der Waals surface area contributed by atoms with Crippen molar-refractivity contribution in [2.45, 2.75) is 25.7 Å². The molecule has 0 fully saturated rings. The second-order valence-electron chi connectivity index (χ2n) is 5.44. The standard InChI is InChI=1S/C18H17ClO/c19-17-8-4-3-7-15(17)12-18(20)16-10-9-13-5-1-2-6-14(13)11-16/h1-8,16H,9-12H2. The Morgan fingerprint density at radius 1 is 1.05 bits per heavy atom. The van der Waals surface area contributed by atoms with E-state index in [1.54, 1.807) is 0 Å². The van der Waals surface area contributed by atoms with Crippen molar-refractivity contribution in [1.29, 1.82) is 0 Å². The van der Waals surface area contributed by atoms with Gasteiger partial charge in [-0.2, -0.15) is 0 Å². The fraction of sp³-hybridized carbons (Fsp3) is 0.278. The lowest BCUT2D eigenvalue weighted by Crippen LogP contribution is -2.24. The van der Waals surface area contributed by atoms with Gasteiger partial charge in [-0.15, -0.1) is 0 Å². The molecular weight excluding hydrogens is 268 g/mol. The highest BCUT2D eigenvalue weighted by Crippen LogP contribution is 2.27. The van der Waals surface area contributed by atoms with Crippen molar-refractivity contribution >= 4 is 17.4 Å². The molecule has 0 heterocycles. The van der Waals surface area contributed by atoms with Gasteiger partial charge in [-0.3, -0.25) is 4.79 Å². The summed E-state index contributed by atoms with van der Waals surface area (Å²) in [5.74, 6) is 0.453. The Morgan fingerprint density at radius 2 is 1.75 bits per heavy atom. The summed E-state index contributed by atoms with van der Waals surface area (Å²) in [5.41, 5.74) is 3.67. The Morgan fingerprint density at radius 3 is 2.55 bits per heavy atom. The van der Waals surface area contributed by atoms with Crippen LogP contribution in [0.1, 0.15) is 23.1 Å². The maximum absolute atomic E-state index is 12.5. The van der Waals surface area contributed by atoms with Crippen molar-refractivity contribution in [3.63, 3.8) is 0 Å². The summed E-state index contributed by atoms with van der Waals surface area (Å²) >= 11 is 6.14. The molecule has 2 aromatic carbocycles. The minimum absolute atomic E-state index is 0.140. The Hall–Kier alpha value is -1.60. The van der Waals surface area contributed by atoms with E-state index in [4.69, 9.17) is 11.6 Å². The topological polar surface area (TPSA) is 17.1 Å². The van der Waals surface area contributed by atoms with Gasteiger partial charge in [-0.1, -0.05) is 54.1 Å². The molecule has 1 nitrogen and oxygen atoms in total. The quantitative estimate of drug-likeness (QED) is 0.823. The van der Waals surface area contributed by atoms with Gasteiger partial charge >= 0.3 is 0 Å². The molecule has 1 aliphatic carbocycles. The van der Waals surface area contributed by atoms with Crippen LogP contribution in [0.4, 0.5) is 0 Å². The Kier molecular flexibility index (Phi) is 3.88. The first-order valence-corrected chi connectivity index (χ1v) is 7.45. The summed E-state index contributed by atoms with van der Waals surface area (Å²) in [7, 11) is 0. The van der Waals surface area contributed by atoms with Crippen molar-refractivity contribution < 1.29 is 4.79 Å². The van der Waals surface area contributed by atoms with E-state index < -0.39 is 0 Å². The molecule has 0 aliphatic heterocycles. The van der Waals surface area contributed by atoms with Crippen LogP contribution in [0.3, 0.4) is 0 Å². The number of Topliss-reactive ketones (excluding diaryl/α,β-unsaturated/α-hetero) is 1. The molecule has 0 saturated heterocycles. The predicted octanol–water partition coefficient (Wildman–Crippen LogP) is 4.26. The first-order valence-electron chi connectivity index (χ1n) is 7.07. The molecule has 2 heteroatoms. The van der Waals surface area contributed by atoms with Crippen molar-refractivity contribution in [2.75, 3.05) is 0 Å². The van der Waals surface area contributed by atoms with Gasteiger partial charge in [0, 0.05) is 17.4 Å². The maximum atomic E-state index is 12.5. The van der Waals surface area contributed by atoms with Gasteiger partial charge < -0.3 is 0 Å². The normalized spacial score (nSPS) is 17.6. The molecule has 0 saturated carbocycles. The van der Waals surface area contributed by atoms with Gasteiger partial charge in [0.05, 0.1) is 0 Å². The average Bonchev–Trinajstić information content (AvgIpc) is 2.49. The van der Waals surface area contributed by atoms with Crippen LogP contribution < -0.4 is 0 Å². The third kappa shape index (κ3) is 2.78. The zero-order valence-corrected chi connectivity index (χ0v) is 12.1. The summed E-state index contributed by atoms with van der Waals surface area (Å²) in [5, 5.41) is 0.692. The number of hydrogen-bond acceptors (Lipinski definition) is 1. The zero-order chi connectivity index (χ0) is 13.9. The van der Waals surface area contributed by atoms with Crippen LogP contribution in [0.2, 0.25) is 5.02 Å². The fourth-order valence-electron chi connectivity index (χ4n) is 2.95. The van der Waals surface area contributed by atoms with E-state index in [0.29, 0.717) is 17.2 Å². The number of hydrogen-bond donors (Lipinski definition) is 0. The molecule has 0 N–H and O–H groups in total. The van der Waals surface area contributed by atoms with Gasteiger partial charge in [0.15, 0.2) is 0 Å². The van der Waals surface area contributed by atoms with Crippen molar-refractivity contribution in [3.8, 4) is 0 Å². The van der Waals surface area contributed by atoms with E-state index in [1.165, 1.54) is 11.1 Å². The SMILES string of the molecule is O=C(Cc1ccccc1Cl)C1CCc2ccccc2C1. The fourth-order valence-corrected chi connectivity index (χ4v) is 3.15. The lowest BCUT2D eigenvalue weighted by atomic mass is 9.80. The van der Waals surface area contributed by atoms with Gasteiger partial charge in [-0.05, 0) is 42.0 Å². The molecule has 0 radical (unpaired) electrons. The molecule has 0 amide bonds. The van der Waals surface area contributed by atoms with Crippen LogP contribution in [-0.2, 0) is 24.1 Å². The monoisotopic (exact) mass is 284 g/mol. The molecule has 3 rings (SSSR count). The van der Waals surface area contributed by atoms with Gasteiger partial charge in [0.25, 0.3) is 0 Å². The number of aryl methyl sites for hydroxylation is 1. The highest BCUT2D eigenvalue weighted by atomic mass is 35.5. The number of carbonyl (C=O) groups excluding carboxylic acids is 1. The van der Waals surface area contributed by atoms with Crippen molar-refractivity contribution in [1.82, 2.24) is 0 Å². The Labute approximate surface area is 124 Å². The van der Waals surface area contributed by atoms with E-state index in [2.05, 4.69) is 24.3 Å². The number of rotatable bonds is 3. The largest absolute Gasteiger partial charge is 0.299 e. The molecule has 1 unspecified atom stereocenters. The molecule has 1 atom stereocenters. The van der Waals surface area contributed by atoms with Crippen LogP contribution in [-0.4, -0.2) is 5.78 Å². The number of fused-ring (bicyclic) bond motifs is 1. The minimum Gasteiger partial charge on any atom is -0.299 e. The molecular formula is C18H17ClO. The summed E-state index contributed by atoms with van der Waals surface area (Å²) in [6.45, 7) is 0. The molecule has 0 bridgehead atoms. The summed E-state index contributed by atoms with van der Waals surface area (Å²) in [4.78, 5) is 12.5. The Balaban J connectivity index is 1.72.